The second-order valence-electron chi connectivity index (χ2n) is 6.71. The van der Waals surface area contributed by atoms with Crippen LogP contribution >= 0.6 is 11.3 Å². The van der Waals surface area contributed by atoms with E-state index < -0.39 is 0 Å². The third-order valence-electron chi connectivity index (χ3n) is 4.06. The molecule has 0 amide bonds. The van der Waals surface area contributed by atoms with Gasteiger partial charge in [-0.2, -0.15) is 0 Å². The van der Waals surface area contributed by atoms with Gasteiger partial charge in [-0.3, -0.25) is 4.79 Å². The summed E-state index contributed by atoms with van der Waals surface area (Å²) in [4.78, 5) is 21.9. The van der Waals surface area contributed by atoms with Gasteiger partial charge in [-0.15, -0.1) is 11.3 Å². The van der Waals surface area contributed by atoms with Gasteiger partial charge in [0.05, 0.1) is 5.39 Å². The number of aromatic amines is 1. The molecule has 1 aromatic carbocycles. The van der Waals surface area contributed by atoms with Gasteiger partial charge >= 0.3 is 0 Å². The number of aromatic nitrogens is 2. The van der Waals surface area contributed by atoms with Crippen LogP contribution in [0.15, 0.2) is 29.1 Å². The molecule has 0 aliphatic heterocycles. The van der Waals surface area contributed by atoms with Crippen molar-refractivity contribution in [2.24, 2.45) is 0 Å². The first-order valence-electron chi connectivity index (χ1n) is 7.38. The molecule has 3 nitrogen and oxygen atoms in total. The minimum Gasteiger partial charge on any atom is -0.306 e. The van der Waals surface area contributed by atoms with E-state index in [9.17, 15) is 4.79 Å². The molecule has 4 heteroatoms. The average Bonchev–Trinajstić information content (AvgIpc) is 2.73. The molecule has 3 aromatic rings. The van der Waals surface area contributed by atoms with Crippen LogP contribution in [-0.4, -0.2) is 9.97 Å². The van der Waals surface area contributed by atoms with Crippen molar-refractivity contribution < 1.29 is 0 Å². The fourth-order valence-corrected chi connectivity index (χ4v) is 3.55. The van der Waals surface area contributed by atoms with Crippen LogP contribution in [-0.2, 0) is 5.41 Å². The predicted octanol–water partition coefficient (Wildman–Crippen LogP) is 4.57. The Morgan fingerprint density at radius 1 is 1.09 bits per heavy atom. The van der Waals surface area contributed by atoms with Crippen LogP contribution < -0.4 is 5.56 Å². The first-order valence-corrected chi connectivity index (χ1v) is 8.20. The summed E-state index contributed by atoms with van der Waals surface area (Å²) in [5.74, 6) is 0.638. The number of hydrogen-bond acceptors (Lipinski definition) is 3. The van der Waals surface area contributed by atoms with Crippen molar-refractivity contribution in [3.8, 4) is 11.4 Å². The van der Waals surface area contributed by atoms with Crippen LogP contribution in [0.3, 0.4) is 0 Å². The summed E-state index contributed by atoms with van der Waals surface area (Å²) < 4.78 is 0. The van der Waals surface area contributed by atoms with Crippen LogP contribution in [0.5, 0.6) is 0 Å². The maximum atomic E-state index is 12.3. The van der Waals surface area contributed by atoms with Crippen molar-refractivity contribution in [3.63, 3.8) is 0 Å². The van der Waals surface area contributed by atoms with Gasteiger partial charge in [0.15, 0.2) is 0 Å². The highest BCUT2D eigenvalue weighted by atomic mass is 32.1. The maximum Gasteiger partial charge on any atom is 0.260 e. The van der Waals surface area contributed by atoms with Crippen LogP contribution in [0.4, 0.5) is 0 Å². The SMILES string of the molecule is Cc1sc2nc(-c3ccc(C(C)(C)C)cc3)[nH]c(=O)c2c1C. The number of hydrogen-bond donors (Lipinski definition) is 1. The van der Waals surface area contributed by atoms with Gasteiger partial charge in [0, 0.05) is 10.4 Å². The summed E-state index contributed by atoms with van der Waals surface area (Å²) in [7, 11) is 0. The standard InChI is InChI=1S/C18H20N2OS/c1-10-11(2)22-17-14(10)16(21)19-15(20-17)12-6-8-13(9-7-12)18(3,4)5/h6-9H,1-5H3,(H,19,20,21). The Hall–Kier alpha value is -1.94. The fourth-order valence-electron chi connectivity index (χ4n) is 2.52. The van der Waals surface area contributed by atoms with Crippen LogP contribution in [0.1, 0.15) is 36.8 Å². The van der Waals surface area contributed by atoms with E-state index in [4.69, 9.17) is 0 Å². The molecule has 0 saturated carbocycles. The quantitative estimate of drug-likeness (QED) is 0.715. The lowest BCUT2D eigenvalue weighted by molar-refractivity contribution is 0.590. The topological polar surface area (TPSA) is 45.8 Å². The molecule has 0 saturated heterocycles. The van der Waals surface area contributed by atoms with Gasteiger partial charge < -0.3 is 4.98 Å². The molecule has 1 N–H and O–H groups in total. The first-order chi connectivity index (χ1) is 10.3. The zero-order valence-corrected chi connectivity index (χ0v) is 14.4. The van der Waals surface area contributed by atoms with Crippen molar-refractivity contribution >= 4 is 21.6 Å². The van der Waals surface area contributed by atoms with E-state index in [0.29, 0.717) is 5.82 Å². The molecule has 0 spiro atoms. The maximum absolute atomic E-state index is 12.3. The van der Waals surface area contributed by atoms with Gasteiger partial charge in [0.1, 0.15) is 10.7 Å². The number of thiophene rings is 1. The Labute approximate surface area is 134 Å². The van der Waals surface area contributed by atoms with Gasteiger partial charge in [-0.05, 0) is 30.4 Å². The summed E-state index contributed by atoms with van der Waals surface area (Å²) in [6, 6.07) is 8.25. The molecule has 2 heterocycles. The Morgan fingerprint density at radius 2 is 1.73 bits per heavy atom. The number of rotatable bonds is 1. The van der Waals surface area contributed by atoms with Gasteiger partial charge in [-0.1, -0.05) is 45.0 Å². The molecule has 0 fully saturated rings. The van der Waals surface area contributed by atoms with E-state index >= 15 is 0 Å². The zero-order chi connectivity index (χ0) is 16.1. The minimum absolute atomic E-state index is 0.0539. The Balaban J connectivity index is 2.13. The monoisotopic (exact) mass is 312 g/mol. The lowest BCUT2D eigenvalue weighted by Crippen LogP contribution is -2.11. The van der Waals surface area contributed by atoms with Crippen molar-refractivity contribution in [1.82, 2.24) is 9.97 Å². The van der Waals surface area contributed by atoms with E-state index in [-0.39, 0.29) is 11.0 Å². The first kappa shape index (κ1) is 15.0. The number of fused-ring (bicyclic) bond motifs is 1. The number of H-pyrrole nitrogens is 1. The summed E-state index contributed by atoms with van der Waals surface area (Å²) in [5, 5.41) is 0.720. The molecular formula is C18H20N2OS. The van der Waals surface area contributed by atoms with E-state index in [1.807, 2.05) is 26.0 Å². The molecule has 0 unspecified atom stereocenters. The number of nitrogens with one attached hydrogen (secondary N) is 1. The van der Waals surface area contributed by atoms with Crippen molar-refractivity contribution in [3.05, 3.63) is 50.6 Å². The van der Waals surface area contributed by atoms with Gasteiger partial charge in [-0.25, -0.2) is 4.98 Å². The van der Waals surface area contributed by atoms with Crippen LogP contribution in [0.2, 0.25) is 0 Å². The number of aryl methyl sites for hydroxylation is 2. The second kappa shape index (κ2) is 5.06. The highest BCUT2D eigenvalue weighted by molar-refractivity contribution is 7.18. The Morgan fingerprint density at radius 3 is 2.32 bits per heavy atom. The molecular weight excluding hydrogens is 292 g/mol. The normalized spacial score (nSPS) is 12.0. The minimum atomic E-state index is -0.0539. The third-order valence-corrected chi connectivity index (χ3v) is 5.16. The summed E-state index contributed by atoms with van der Waals surface area (Å²) >= 11 is 1.58. The third kappa shape index (κ3) is 2.48. The molecule has 0 bridgehead atoms. The Bertz CT molecular complexity index is 896. The predicted molar refractivity (Wildman–Crippen MR) is 93.9 cm³/mol. The zero-order valence-electron chi connectivity index (χ0n) is 13.6. The van der Waals surface area contributed by atoms with E-state index in [1.54, 1.807) is 11.3 Å². The summed E-state index contributed by atoms with van der Waals surface area (Å²) in [6.07, 6.45) is 0. The van der Waals surface area contributed by atoms with Crippen molar-refractivity contribution in [2.75, 3.05) is 0 Å². The van der Waals surface area contributed by atoms with E-state index in [0.717, 1.165) is 26.2 Å². The van der Waals surface area contributed by atoms with Crippen LogP contribution in [0, 0.1) is 13.8 Å². The van der Waals surface area contributed by atoms with Gasteiger partial charge in [0.2, 0.25) is 0 Å². The van der Waals surface area contributed by atoms with Crippen molar-refractivity contribution in [2.45, 2.75) is 40.0 Å². The average molecular weight is 312 g/mol. The van der Waals surface area contributed by atoms with Gasteiger partial charge in [0.25, 0.3) is 5.56 Å². The Kier molecular flexibility index (Phi) is 3.44. The molecule has 0 aliphatic rings. The molecule has 3 rings (SSSR count). The molecule has 2 aromatic heterocycles. The molecule has 0 aliphatic carbocycles. The second-order valence-corrected chi connectivity index (χ2v) is 7.91. The van der Waals surface area contributed by atoms with E-state index in [1.165, 1.54) is 5.56 Å². The lowest BCUT2D eigenvalue weighted by Gasteiger charge is -2.19. The molecule has 22 heavy (non-hydrogen) atoms. The smallest absolute Gasteiger partial charge is 0.260 e. The largest absolute Gasteiger partial charge is 0.306 e. The highest BCUT2D eigenvalue weighted by Gasteiger charge is 2.15. The fraction of sp³-hybridized carbons (Fsp3) is 0.333. The highest BCUT2D eigenvalue weighted by Crippen LogP contribution is 2.28. The van der Waals surface area contributed by atoms with E-state index in [2.05, 4.69) is 42.9 Å². The molecule has 114 valence electrons. The van der Waals surface area contributed by atoms with Crippen molar-refractivity contribution in [1.29, 1.82) is 0 Å². The summed E-state index contributed by atoms with van der Waals surface area (Å²) in [6.45, 7) is 10.6. The molecule has 0 radical (unpaired) electrons. The number of benzene rings is 1. The summed E-state index contributed by atoms with van der Waals surface area (Å²) in [5.41, 5.74) is 3.30. The molecule has 0 atom stereocenters. The van der Waals surface area contributed by atoms with Crippen LogP contribution in [0.25, 0.3) is 21.6 Å². The number of nitrogens with zero attached hydrogens (tertiary/aromatic N) is 1. The lowest BCUT2D eigenvalue weighted by atomic mass is 9.87.